The summed E-state index contributed by atoms with van der Waals surface area (Å²) in [4.78, 5) is 27.9. The molecule has 25 heavy (non-hydrogen) atoms. The number of fused-ring (bicyclic) bond motifs is 1. The highest BCUT2D eigenvalue weighted by Gasteiger charge is 2.12. The second kappa shape index (κ2) is 7.02. The molecule has 1 amide bonds. The average molecular weight is 355 g/mol. The van der Waals surface area contributed by atoms with Gasteiger partial charge in [-0.2, -0.15) is 0 Å². The fourth-order valence-corrected chi connectivity index (χ4v) is 3.22. The number of thioether (sulfide) groups is 1. The van der Waals surface area contributed by atoms with Gasteiger partial charge >= 0.3 is 0 Å². The molecule has 1 aromatic carbocycles. The first-order chi connectivity index (χ1) is 11.9. The van der Waals surface area contributed by atoms with Gasteiger partial charge < -0.3 is 5.32 Å². The van der Waals surface area contributed by atoms with Crippen molar-refractivity contribution in [3.63, 3.8) is 0 Å². The second-order valence-corrected chi connectivity index (χ2v) is 6.57. The van der Waals surface area contributed by atoms with E-state index in [1.807, 2.05) is 24.3 Å². The normalized spacial score (nSPS) is 10.8. The second-order valence-electron chi connectivity index (χ2n) is 5.63. The Kier molecular flexibility index (Phi) is 4.80. The van der Waals surface area contributed by atoms with Crippen LogP contribution in [0.5, 0.6) is 0 Å². The summed E-state index contributed by atoms with van der Waals surface area (Å²) in [7, 11) is 0. The van der Waals surface area contributed by atoms with Crippen molar-refractivity contribution in [3.8, 4) is 0 Å². The Hall–Kier alpha value is -2.74. The Bertz CT molecular complexity index is 967. The summed E-state index contributed by atoms with van der Waals surface area (Å²) in [5.41, 5.74) is 2.99. The van der Waals surface area contributed by atoms with Crippen LogP contribution in [-0.2, 0) is 4.79 Å². The van der Waals surface area contributed by atoms with Crippen molar-refractivity contribution in [1.82, 2.24) is 19.6 Å². The van der Waals surface area contributed by atoms with Crippen LogP contribution in [0, 0.1) is 13.8 Å². The molecule has 3 aromatic rings. The number of Topliss-reactive ketones (excluding diaryl/α,β-unsaturated/α-hetero) is 1. The predicted octanol–water partition coefficient (Wildman–Crippen LogP) is 2.67. The van der Waals surface area contributed by atoms with Crippen molar-refractivity contribution >= 4 is 34.9 Å². The molecule has 0 aliphatic carbocycles. The molecule has 3 rings (SSSR count). The number of benzene rings is 1. The number of hydrogen-bond acceptors (Lipinski definition) is 6. The monoisotopic (exact) mass is 355 g/mol. The van der Waals surface area contributed by atoms with Crippen LogP contribution >= 0.6 is 11.8 Å². The van der Waals surface area contributed by atoms with Crippen LogP contribution in [0.25, 0.3) is 5.78 Å². The molecule has 0 spiro atoms. The van der Waals surface area contributed by atoms with E-state index in [2.05, 4.69) is 20.5 Å². The number of anilines is 1. The zero-order chi connectivity index (χ0) is 18.0. The summed E-state index contributed by atoms with van der Waals surface area (Å²) in [5.74, 6) is 0.478. The lowest BCUT2D eigenvalue weighted by atomic mass is 10.1. The standard InChI is InChI=1S/C17H17N5O2S/c1-10-7-11(2)22-16(18-10)20-21-17(22)25-9-15(24)19-14-6-4-5-13(8-14)12(3)23/h4-8H,9H2,1-3H3,(H,19,24). The number of nitrogens with one attached hydrogen (secondary N) is 1. The van der Waals surface area contributed by atoms with E-state index in [0.29, 0.717) is 22.2 Å². The van der Waals surface area contributed by atoms with Gasteiger partial charge in [-0.3, -0.25) is 14.0 Å². The van der Waals surface area contributed by atoms with Gasteiger partial charge in [0.2, 0.25) is 5.91 Å². The smallest absolute Gasteiger partial charge is 0.256 e. The molecule has 128 valence electrons. The molecule has 2 aromatic heterocycles. The number of amides is 1. The Morgan fingerprint density at radius 1 is 1.20 bits per heavy atom. The number of hydrogen-bond donors (Lipinski definition) is 1. The summed E-state index contributed by atoms with van der Waals surface area (Å²) in [6, 6.07) is 8.80. The topological polar surface area (TPSA) is 89.2 Å². The molecule has 0 aliphatic heterocycles. The molecule has 0 saturated carbocycles. The van der Waals surface area contributed by atoms with E-state index in [9.17, 15) is 9.59 Å². The van der Waals surface area contributed by atoms with E-state index < -0.39 is 0 Å². The summed E-state index contributed by atoms with van der Waals surface area (Å²) in [6.07, 6.45) is 0. The van der Waals surface area contributed by atoms with Crippen molar-refractivity contribution < 1.29 is 9.59 Å². The molecule has 1 N–H and O–H groups in total. The Labute approximate surface area is 148 Å². The highest BCUT2D eigenvalue weighted by atomic mass is 32.2. The summed E-state index contributed by atoms with van der Waals surface area (Å²) in [6.45, 7) is 5.34. The third-order valence-electron chi connectivity index (χ3n) is 3.55. The Morgan fingerprint density at radius 3 is 2.76 bits per heavy atom. The Morgan fingerprint density at radius 2 is 2.00 bits per heavy atom. The number of carbonyl (C=O) groups excluding carboxylic acids is 2. The van der Waals surface area contributed by atoms with E-state index in [1.54, 1.807) is 24.3 Å². The van der Waals surface area contributed by atoms with E-state index >= 15 is 0 Å². The third kappa shape index (κ3) is 3.85. The largest absolute Gasteiger partial charge is 0.325 e. The first-order valence-corrected chi connectivity index (χ1v) is 8.65. The molecule has 0 atom stereocenters. The van der Waals surface area contributed by atoms with Crippen molar-refractivity contribution in [2.75, 3.05) is 11.1 Å². The molecule has 2 heterocycles. The third-order valence-corrected chi connectivity index (χ3v) is 4.48. The van der Waals surface area contributed by atoms with Crippen molar-refractivity contribution in [3.05, 3.63) is 47.3 Å². The van der Waals surface area contributed by atoms with Crippen LogP contribution in [0.15, 0.2) is 35.5 Å². The number of aryl methyl sites for hydroxylation is 2. The van der Waals surface area contributed by atoms with Crippen molar-refractivity contribution in [2.45, 2.75) is 25.9 Å². The average Bonchev–Trinajstić information content (AvgIpc) is 2.96. The van der Waals surface area contributed by atoms with Crippen molar-refractivity contribution in [1.29, 1.82) is 0 Å². The lowest BCUT2D eigenvalue weighted by molar-refractivity contribution is -0.113. The number of aromatic nitrogens is 4. The summed E-state index contributed by atoms with van der Waals surface area (Å²) >= 11 is 1.28. The van der Waals surface area contributed by atoms with E-state index in [4.69, 9.17) is 0 Å². The zero-order valence-electron chi connectivity index (χ0n) is 14.1. The van der Waals surface area contributed by atoms with Crippen LogP contribution in [0.4, 0.5) is 5.69 Å². The van der Waals surface area contributed by atoms with Gasteiger partial charge in [0.15, 0.2) is 10.9 Å². The van der Waals surface area contributed by atoms with Gasteiger partial charge in [0.1, 0.15) is 0 Å². The van der Waals surface area contributed by atoms with Gasteiger partial charge in [0.05, 0.1) is 5.75 Å². The van der Waals surface area contributed by atoms with Crippen LogP contribution in [-0.4, -0.2) is 37.0 Å². The first-order valence-electron chi connectivity index (χ1n) is 7.67. The van der Waals surface area contributed by atoms with Crippen molar-refractivity contribution in [2.24, 2.45) is 0 Å². The van der Waals surface area contributed by atoms with Crippen LogP contribution < -0.4 is 5.32 Å². The van der Waals surface area contributed by atoms with Crippen LogP contribution in [0.1, 0.15) is 28.7 Å². The molecule has 0 aliphatic rings. The molecule has 0 radical (unpaired) electrons. The minimum Gasteiger partial charge on any atom is -0.325 e. The number of rotatable bonds is 5. The zero-order valence-corrected chi connectivity index (χ0v) is 14.9. The SMILES string of the molecule is CC(=O)c1cccc(NC(=O)CSc2nnc3nc(C)cc(C)n23)c1. The highest BCUT2D eigenvalue weighted by molar-refractivity contribution is 7.99. The van der Waals surface area contributed by atoms with Gasteiger partial charge in [-0.15, -0.1) is 10.2 Å². The predicted molar refractivity (Wildman–Crippen MR) is 96.1 cm³/mol. The Balaban J connectivity index is 1.69. The van der Waals surface area contributed by atoms with Gasteiger partial charge in [-0.25, -0.2) is 4.98 Å². The molecular weight excluding hydrogens is 338 g/mol. The summed E-state index contributed by atoms with van der Waals surface area (Å²) < 4.78 is 1.82. The van der Waals surface area contributed by atoms with Gasteiger partial charge in [-0.1, -0.05) is 23.9 Å². The first kappa shape index (κ1) is 17.1. The molecule has 8 heteroatoms. The minimum absolute atomic E-state index is 0.0429. The maximum absolute atomic E-state index is 12.2. The fourth-order valence-electron chi connectivity index (χ4n) is 2.44. The van der Waals surface area contributed by atoms with E-state index in [1.165, 1.54) is 18.7 Å². The molecule has 0 unspecified atom stereocenters. The molecule has 7 nitrogen and oxygen atoms in total. The molecule has 0 fully saturated rings. The van der Waals surface area contributed by atoms with E-state index in [-0.39, 0.29) is 17.4 Å². The van der Waals surface area contributed by atoms with Gasteiger partial charge in [0, 0.05) is 22.6 Å². The maximum Gasteiger partial charge on any atom is 0.256 e. The fraction of sp³-hybridized carbons (Fsp3) is 0.235. The lowest BCUT2D eigenvalue weighted by Gasteiger charge is -2.06. The quantitative estimate of drug-likeness (QED) is 0.559. The summed E-state index contributed by atoms with van der Waals surface area (Å²) in [5, 5.41) is 11.6. The van der Waals surface area contributed by atoms with E-state index in [0.717, 1.165) is 11.4 Å². The van der Waals surface area contributed by atoms with Crippen LogP contribution in [0.3, 0.4) is 0 Å². The minimum atomic E-state index is -0.180. The lowest BCUT2D eigenvalue weighted by Crippen LogP contribution is -2.14. The highest BCUT2D eigenvalue weighted by Crippen LogP contribution is 2.19. The number of nitrogens with zero attached hydrogens (tertiary/aromatic N) is 4. The van der Waals surface area contributed by atoms with Gasteiger partial charge in [0.25, 0.3) is 5.78 Å². The number of ketones is 1. The maximum atomic E-state index is 12.2. The van der Waals surface area contributed by atoms with Gasteiger partial charge in [-0.05, 0) is 39.0 Å². The molecule has 0 saturated heterocycles. The number of carbonyl (C=O) groups is 2. The van der Waals surface area contributed by atoms with Crippen LogP contribution in [0.2, 0.25) is 0 Å². The molecular formula is C17H17N5O2S. The molecule has 0 bridgehead atoms.